The molecule has 1 saturated heterocycles. The van der Waals surface area contributed by atoms with E-state index in [1.54, 1.807) is 53.6 Å². The number of rotatable bonds is 5. The minimum atomic E-state index is -3.86. The number of fused-ring (bicyclic) bond motifs is 1. The summed E-state index contributed by atoms with van der Waals surface area (Å²) in [5, 5.41) is 1.74. The first-order valence-corrected chi connectivity index (χ1v) is 13.5. The lowest BCUT2D eigenvalue weighted by Crippen LogP contribution is -2.48. The van der Waals surface area contributed by atoms with E-state index < -0.39 is 10.0 Å². The normalized spacial score (nSPS) is 14.2. The zero-order chi connectivity index (χ0) is 25.3. The Labute approximate surface area is 219 Å². The molecule has 4 aromatic rings. The summed E-state index contributed by atoms with van der Waals surface area (Å²) in [5.74, 6) is -0.101. The highest BCUT2D eigenvalue weighted by Crippen LogP contribution is 2.28. The number of carbonyl (C=O) groups is 1. The Kier molecular flexibility index (Phi) is 6.75. The highest BCUT2D eigenvalue weighted by Gasteiger charge is 2.23. The smallest absolute Gasteiger partial charge is 0.264 e. The number of benzene rings is 3. The van der Waals surface area contributed by atoms with Crippen molar-refractivity contribution in [3.05, 3.63) is 94.6 Å². The van der Waals surface area contributed by atoms with E-state index in [2.05, 4.69) is 14.6 Å². The SMILES string of the molecule is O=C(c1ccc(NS(=O)(=O)c2cccc3cccnc23)cc1)N1CCN(c2ccc(Cl)c(Cl)c2)CC1. The maximum Gasteiger partial charge on any atom is 0.264 e. The molecule has 10 heteroatoms. The predicted molar refractivity (Wildman–Crippen MR) is 144 cm³/mol. The first-order valence-electron chi connectivity index (χ1n) is 11.3. The quantitative estimate of drug-likeness (QED) is 0.371. The van der Waals surface area contributed by atoms with Crippen LogP contribution in [0.5, 0.6) is 0 Å². The monoisotopic (exact) mass is 540 g/mol. The largest absolute Gasteiger partial charge is 0.368 e. The van der Waals surface area contributed by atoms with Crippen molar-refractivity contribution < 1.29 is 13.2 Å². The lowest BCUT2D eigenvalue weighted by molar-refractivity contribution is 0.0747. The molecule has 184 valence electrons. The van der Waals surface area contributed by atoms with Gasteiger partial charge in [-0.3, -0.25) is 14.5 Å². The second kappa shape index (κ2) is 9.97. The molecule has 7 nitrogen and oxygen atoms in total. The number of hydrogen-bond donors (Lipinski definition) is 1. The number of piperazine rings is 1. The van der Waals surface area contributed by atoms with Crippen LogP contribution in [0.25, 0.3) is 10.9 Å². The third-order valence-electron chi connectivity index (χ3n) is 6.10. The van der Waals surface area contributed by atoms with Gasteiger partial charge in [-0.15, -0.1) is 0 Å². The Morgan fingerprint density at radius 1 is 0.861 bits per heavy atom. The number of amides is 1. The Hall–Kier alpha value is -3.33. The topological polar surface area (TPSA) is 82.6 Å². The fourth-order valence-corrected chi connectivity index (χ4v) is 5.75. The molecule has 1 N–H and O–H groups in total. The molecular weight excluding hydrogens is 519 g/mol. The number of aromatic nitrogens is 1. The van der Waals surface area contributed by atoms with Crippen LogP contribution in [0.2, 0.25) is 10.0 Å². The van der Waals surface area contributed by atoms with Gasteiger partial charge >= 0.3 is 0 Å². The Morgan fingerprint density at radius 3 is 2.31 bits per heavy atom. The van der Waals surface area contributed by atoms with E-state index in [9.17, 15) is 13.2 Å². The fourth-order valence-electron chi connectivity index (χ4n) is 4.22. The second-order valence-corrected chi connectivity index (χ2v) is 10.9. The van der Waals surface area contributed by atoms with Gasteiger partial charge in [0.25, 0.3) is 15.9 Å². The van der Waals surface area contributed by atoms with Crippen LogP contribution in [0, 0.1) is 0 Å². The average Bonchev–Trinajstić information content (AvgIpc) is 2.90. The average molecular weight is 541 g/mol. The maximum absolute atomic E-state index is 13.0. The summed E-state index contributed by atoms with van der Waals surface area (Å²) in [4.78, 5) is 21.3. The molecule has 1 aromatic heterocycles. The first-order chi connectivity index (χ1) is 17.3. The molecule has 5 rings (SSSR count). The molecule has 0 spiro atoms. The molecule has 0 bridgehead atoms. The lowest BCUT2D eigenvalue weighted by Gasteiger charge is -2.36. The van der Waals surface area contributed by atoms with E-state index in [4.69, 9.17) is 23.2 Å². The van der Waals surface area contributed by atoms with Crippen LogP contribution in [0.3, 0.4) is 0 Å². The highest BCUT2D eigenvalue weighted by molar-refractivity contribution is 7.93. The lowest BCUT2D eigenvalue weighted by atomic mass is 10.1. The summed E-state index contributed by atoms with van der Waals surface area (Å²) in [5.41, 5.74) is 2.23. The van der Waals surface area contributed by atoms with Crippen molar-refractivity contribution in [1.82, 2.24) is 9.88 Å². The zero-order valence-corrected chi connectivity index (χ0v) is 21.4. The Bertz CT molecular complexity index is 1530. The number of para-hydroxylation sites is 1. The molecule has 0 saturated carbocycles. The van der Waals surface area contributed by atoms with Crippen molar-refractivity contribution in [1.29, 1.82) is 0 Å². The zero-order valence-electron chi connectivity index (χ0n) is 19.1. The van der Waals surface area contributed by atoms with Crippen LogP contribution in [0.4, 0.5) is 11.4 Å². The Balaban J connectivity index is 1.25. The number of sulfonamides is 1. The van der Waals surface area contributed by atoms with Crippen molar-refractivity contribution in [2.24, 2.45) is 0 Å². The number of halogens is 2. The van der Waals surface area contributed by atoms with Crippen LogP contribution in [-0.2, 0) is 10.0 Å². The van der Waals surface area contributed by atoms with Gasteiger partial charge in [-0.05, 0) is 54.6 Å². The molecule has 1 aliphatic rings. The number of nitrogens with one attached hydrogen (secondary N) is 1. The van der Waals surface area contributed by atoms with Crippen LogP contribution in [0.1, 0.15) is 10.4 Å². The van der Waals surface area contributed by atoms with Gasteiger partial charge in [-0.2, -0.15) is 0 Å². The number of pyridine rings is 1. The van der Waals surface area contributed by atoms with Crippen LogP contribution < -0.4 is 9.62 Å². The number of hydrogen-bond acceptors (Lipinski definition) is 5. The molecule has 1 aliphatic heterocycles. The third kappa shape index (κ3) is 4.97. The molecule has 1 fully saturated rings. The number of nitrogens with zero attached hydrogens (tertiary/aromatic N) is 3. The minimum absolute atomic E-state index is 0.0978. The summed E-state index contributed by atoms with van der Waals surface area (Å²) in [6.07, 6.45) is 1.56. The number of carbonyl (C=O) groups excluding carboxylic acids is 1. The van der Waals surface area contributed by atoms with Crippen molar-refractivity contribution >= 4 is 61.4 Å². The molecule has 1 amide bonds. The first kappa shape index (κ1) is 24.4. The van der Waals surface area contributed by atoms with E-state index in [1.165, 1.54) is 6.07 Å². The Morgan fingerprint density at radius 2 is 1.58 bits per heavy atom. The van der Waals surface area contributed by atoms with Crippen molar-refractivity contribution in [2.45, 2.75) is 4.90 Å². The van der Waals surface area contributed by atoms with Crippen LogP contribution in [0.15, 0.2) is 83.9 Å². The molecule has 0 unspecified atom stereocenters. The minimum Gasteiger partial charge on any atom is -0.368 e. The molecule has 0 radical (unpaired) electrons. The molecule has 2 heterocycles. The second-order valence-electron chi connectivity index (χ2n) is 8.39. The summed E-state index contributed by atoms with van der Waals surface area (Å²) in [6.45, 7) is 2.45. The van der Waals surface area contributed by atoms with Gasteiger partial charge in [0.1, 0.15) is 4.90 Å². The number of anilines is 2. The molecule has 3 aromatic carbocycles. The third-order valence-corrected chi connectivity index (χ3v) is 8.26. The van der Waals surface area contributed by atoms with Crippen LogP contribution in [-0.4, -0.2) is 50.4 Å². The van der Waals surface area contributed by atoms with Gasteiger partial charge in [0.05, 0.1) is 15.6 Å². The summed E-state index contributed by atoms with van der Waals surface area (Å²) in [6, 6.07) is 20.5. The molecular formula is C26H22Cl2N4O3S. The fraction of sp³-hybridized carbons (Fsp3) is 0.154. The van der Waals surface area contributed by atoms with E-state index in [0.717, 1.165) is 11.1 Å². The van der Waals surface area contributed by atoms with Gasteiger partial charge in [-0.25, -0.2) is 8.42 Å². The van der Waals surface area contributed by atoms with E-state index in [0.29, 0.717) is 53.0 Å². The standard InChI is InChI=1S/C26H22Cl2N4O3S/c27-22-11-10-21(17-23(22)28)31-13-15-32(16-14-31)26(33)19-6-8-20(9-7-19)30-36(34,35)24-5-1-3-18-4-2-12-29-25(18)24/h1-12,17,30H,13-16H2. The van der Waals surface area contributed by atoms with Gasteiger partial charge in [0.15, 0.2) is 0 Å². The van der Waals surface area contributed by atoms with Crippen molar-refractivity contribution in [3.63, 3.8) is 0 Å². The molecule has 36 heavy (non-hydrogen) atoms. The van der Waals surface area contributed by atoms with Gasteiger partial charge in [-0.1, -0.05) is 41.4 Å². The van der Waals surface area contributed by atoms with E-state index in [-0.39, 0.29) is 10.8 Å². The molecule has 0 aliphatic carbocycles. The van der Waals surface area contributed by atoms with Crippen molar-refractivity contribution in [2.75, 3.05) is 35.8 Å². The predicted octanol–water partition coefficient (Wildman–Crippen LogP) is 5.30. The van der Waals surface area contributed by atoms with E-state index in [1.807, 2.05) is 24.3 Å². The van der Waals surface area contributed by atoms with Crippen LogP contribution >= 0.6 is 23.2 Å². The molecule has 0 atom stereocenters. The highest BCUT2D eigenvalue weighted by atomic mass is 35.5. The van der Waals surface area contributed by atoms with Gasteiger partial charge in [0, 0.05) is 54.7 Å². The maximum atomic E-state index is 13.0. The summed E-state index contributed by atoms with van der Waals surface area (Å²) < 4.78 is 28.6. The summed E-state index contributed by atoms with van der Waals surface area (Å²) >= 11 is 12.1. The van der Waals surface area contributed by atoms with Gasteiger partial charge < -0.3 is 9.80 Å². The van der Waals surface area contributed by atoms with Gasteiger partial charge in [0.2, 0.25) is 0 Å². The van der Waals surface area contributed by atoms with E-state index >= 15 is 0 Å². The summed E-state index contributed by atoms with van der Waals surface area (Å²) in [7, 11) is -3.86. The van der Waals surface area contributed by atoms with Crippen molar-refractivity contribution in [3.8, 4) is 0 Å².